The van der Waals surface area contributed by atoms with Crippen LogP contribution in [0.25, 0.3) is 10.1 Å². The number of carbonyl (C=O) groups excluding carboxylic acids is 2. The number of nitrogens with one attached hydrogen (secondary N) is 2. The van der Waals surface area contributed by atoms with E-state index < -0.39 is 0 Å². The molecule has 2 heterocycles. The van der Waals surface area contributed by atoms with Gasteiger partial charge in [0.1, 0.15) is 0 Å². The number of hydrazone groups is 1. The molecule has 1 aromatic heterocycles. The average Bonchev–Trinajstić information content (AvgIpc) is 3.46. The number of carbonyl (C=O) groups is 2. The van der Waals surface area contributed by atoms with E-state index in [2.05, 4.69) is 26.8 Å². The van der Waals surface area contributed by atoms with Gasteiger partial charge in [-0.25, -0.2) is 5.43 Å². The maximum Gasteiger partial charge on any atom is 0.259 e. The molecular formula is C23H24N4O2S. The lowest BCUT2D eigenvalue weighted by Gasteiger charge is -2.17. The predicted octanol–water partition coefficient (Wildman–Crippen LogP) is 3.77. The first kappa shape index (κ1) is 20.1. The van der Waals surface area contributed by atoms with Crippen LogP contribution < -0.4 is 15.6 Å². The van der Waals surface area contributed by atoms with Crippen molar-refractivity contribution < 1.29 is 9.59 Å². The first-order chi connectivity index (χ1) is 14.6. The third-order valence-corrected chi connectivity index (χ3v) is 6.19. The molecule has 1 aliphatic heterocycles. The Hall–Kier alpha value is -3.19. The molecule has 7 heteroatoms. The first-order valence-corrected chi connectivity index (χ1v) is 10.9. The van der Waals surface area contributed by atoms with E-state index in [1.165, 1.54) is 17.5 Å². The van der Waals surface area contributed by atoms with Crippen LogP contribution in [0, 0.1) is 0 Å². The minimum atomic E-state index is -0.365. The third-order valence-electron chi connectivity index (χ3n) is 5.23. The molecule has 0 unspecified atom stereocenters. The van der Waals surface area contributed by atoms with E-state index in [0.717, 1.165) is 35.4 Å². The van der Waals surface area contributed by atoms with Crippen LogP contribution in [0.1, 0.15) is 35.7 Å². The Morgan fingerprint density at radius 2 is 1.80 bits per heavy atom. The highest BCUT2D eigenvalue weighted by Crippen LogP contribution is 2.26. The van der Waals surface area contributed by atoms with Crippen molar-refractivity contribution in [3.05, 3.63) is 65.0 Å². The lowest BCUT2D eigenvalue weighted by atomic mass is 10.1. The Morgan fingerprint density at radius 3 is 2.57 bits per heavy atom. The Morgan fingerprint density at radius 1 is 1.07 bits per heavy atom. The molecule has 2 aromatic carbocycles. The van der Waals surface area contributed by atoms with E-state index >= 15 is 0 Å². The summed E-state index contributed by atoms with van der Waals surface area (Å²) in [5.74, 6) is -0.640. The van der Waals surface area contributed by atoms with Crippen LogP contribution in [0.5, 0.6) is 0 Å². The molecule has 2 N–H and O–H groups in total. The van der Waals surface area contributed by atoms with Gasteiger partial charge in [0.15, 0.2) is 0 Å². The van der Waals surface area contributed by atoms with Gasteiger partial charge in [-0.3, -0.25) is 9.59 Å². The standard InChI is InChI=1S/C23H24N4O2S/c1-16(20-15-30-21-7-3-2-6-19(20)21)25-26-22(28)14-24-23(29)17-8-10-18(11-9-17)27-12-4-5-13-27/h2-3,6-11,15H,4-5,12-14H2,1H3,(H,24,29)(H,26,28)/b25-16+. The number of fused-ring (bicyclic) bond motifs is 1. The fraction of sp³-hybridized carbons (Fsp3) is 0.261. The summed E-state index contributed by atoms with van der Waals surface area (Å²) in [6, 6.07) is 15.6. The van der Waals surface area contributed by atoms with Gasteiger partial charge in [0.25, 0.3) is 11.8 Å². The molecule has 1 fully saturated rings. The van der Waals surface area contributed by atoms with Gasteiger partial charge in [0, 0.05) is 45.4 Å². The molecule has 154 valence electrons. The second-order valence-electron chi connectivity index (χ2n) is 7.30. The molecule has 2 amide bonds. The fourth-order valence-electron chi connectivity index (χ4n) is 3.57. The fourth-order valence-corrected chi connectivity index (χ4v) is 4.57. The van der Waals surface area contributed by atoms with E-state index in [1.807, 2.05) is 42.6 Å². The van der Waals surface area contributed by atoms with Gasteiger partial charge in [-0.05, 0) is 50.1 Å². The summed E-state index contributed by atoms with van der Waals surface area (Å²) >= 11 is 1.64. The van der Waals surface area contributed by atoms with Crippen LogP contribution in [0.4, 0.5) is 5.69 Å². The quantitative estimate of drug-likeness (QED) is 0.471. The van der Waals surface area contributed by atoms with Gasteiger partial charge in [0.05, 0.1) is 12.3 Å². The number of anilines is 1. The predicted molar refractivity (Wildman–Crippen MR) is 122 cm³/mol. The van der Waals surface area contributed by atoms with Crippen LogP contribution in [0.3, 0.4) is 0 Å². The highest BCUT2D eigenvalue weighted by atomic mass is 32.1. The zero-order valence-electron chi connectivity index (χ0n) is 16.9. The van der Waals surface area contributed by atoms with Crippen molar-refractivity contribution in [2.75, 3.05) is 24.5 Å². The molecule has 3 aromatic rings. The van der Waals surface area contributed by atoms with Gasteiger partial charge in [-0.1, -0.05) is 18.2 Å². The number of nitrogens with zero attached hydrogens (tertiary/aromatic N) is 2. The molecule has 0 bridgehead atoms. The van der Waals surface area contributed by atoms with Crippen molar-refractivity contribution in [3.63, 3.8) is 0 Å². The van der Waals surface area contributed by atoms with E-state index in [1.54, 1.807) is 23.5 Å². The summed E-state index contributed by atoms with van der Waals surface area (Å²) in [4.78, 5) is 26.7. The SMILES string of the molecule is C/C(=N\NC(=O)CNC(=O)c1ccc(N2CCCC2)cc1)c1csc2ccccc12. The Labute approximate surface area is 179 Å². The third kappa shape index (κ3) is 4.52. The average molecular weight is 421 g/mol. The Kier molecular flexibility index (Phi) is 6.09. The molecule has 0 radical (unpaired) electrons. The summed E-state index contributed by atoms with van der Waals surface area (Å²) in [6.07, 6.45) is 2.42. The van der Waals surface area contributed by atoms with Gasteiger partial charge in [-0.15, -0.1) is 11.3 Å². The molecular weight excluding hydrogens is 396 g/mol. The maximum atomic E-state index is 12.3. The summed E-state index contributed by atoms with van der Waals surface area (Å²) in [5.41, 5.74) is 5.91. The van der Waals surface area contributed by atoms with Crippen molar-refractivity contribution in [2.24, 2.45) is 5.10 Å². The van der Waals surface area contributed by atoms with Crippen LogP contribution in [-0.4, -0.2) is 37.2 Å². The number of thiophene rings is 1. The normalized spacial score (nSPS) is 14.2. The topological polar surface area (TPSA) is 73.8 Å². The van der Waals surface area contributed by atoms with Crippen molar-refractivity contribution in [2.45, 2.75) is 19.8 Å². The lowest BCUT2D eigenvalue weighted by Crippen LogP contribution is -2.35. The highest BCUT2D eigenvalue weighted by molar-refractivity contribution is 7.17. The van der Waals surface area contributed by atoms with E-state index in [-0.39, 0.29) is 18.4 Å². The lowest BCUT2D eigenvalue weighted by molar-refractivity contribution is -0.120. The van der Waals surface area contributed by atoms with Crippen molar-refractivity contribution in [1.82, 2.24) is 10.7 Å². The van der Waals surface area contributed by atoms with E-state index in [0.29, 0.717) is 5.56 Å². The van der Waals surface area contributed by atoms with Crippen LogP contribution in [0.2, 0.25) is 0 Å². The summed E-state index contributed by atoms with van der Waals surface area (Å²) < 4.78 is 1.18. The van der Waals surface area contributed by atoms with Gasteiger partial charge in [-0.2, -0.15) is 5.10 Å². The summed E-state index contributed by atoms with van der Waals surface area (Å²) in [5, 5.41) is 9.98. The molecule has 0 saturated carbocycles. The molecule has 1 saturated heterocycles. The Bertz CT molecular complexity index is 1080. The molecule has 6 nitrogen and oxygen atoms in total. The van der Waals surface area contributed by atoms with E-state index in [4.69, 9.17) is 0 Å². The molecule has 0 aliphatic carbocycles. The maximum absolute atomic E-state index is 12.3. The van der Waals surface area contributed by atoms with Gasteiger partial charge >= 0.3 is 0 Å². The number of rotatable bonds is 6. The highest BCUT2D eigenvalue weighted by Gasteiger charge is 2.13. The van der Waals surface area contributed by atoms with Gasteiger partial charge in [0.2, 0.25) is 0 Å². The minimum absolute atomic E-state index is 0.131. The monoisotopic (exact) mass is 420 g/mol. The molecule has 30 heavy (non-hydrogen) atoms. The van der Waals surface area contributed by atoms with Crippen LogP contribution in [-0.2, 0) is 4.79 Å². The number of benzene rings is 2. The zero-order chi connectivity index (χ0) is 20.9. The Balaban J connectivity index is 1.30. The largest absolute Gasteiger partial charge is 0.372 e. The number of hydrogen-bond acceptors (Lipinski definition) is 5. The van der Waals surface area contributed by atoms with Crippen molar-refractivity contribution in [3.8, 4) is 0 Å². The van der Waals surface area contributed by atoms with Crippen LogP contribution >= 0.6 is 11.3 Å². The molecule has 0 spiro atoms. The second kappa shape index (κ2) is 9.09. The molecule has 4 rings (SSSR count). The summed E-state index contributed by atoms with van der Waals surface area (Å²) in [6.45, 7) is 3.85. The second-order valence-corrected chi connectivity index (χ2v) is 8.21. The minimum Gasteiger partial charge on any atom is -0.372 e. The molecule has 1 aliphatic rings. The summed E-state index contributed by atoms with van der Waals surface area (Å²) in [7, 11) is 0. The van der Waals surface area contributed by atoms with E-state index in [9.17, 15) is 9.59 Å². The number of amides is 2. The number of hydrogen-bond donors (Lipinski definition) is 2. The first-order valence-electron chi connectivity index (χ1n) is 10.0. The smallest absolute Gasteiger partial charge is 0.259 e. The van der Waals surface area contributed by atoms with Gasteiger partial charge < -0.3 is 10.2 Å². The zero-order valence-corrected chi connectivity index (χ0v) is 17.7. The van der Waals surface area contributed by atoms with Crippen molar-refractivity contribution in [1.29, 1.82) is 0 Å². The van der Waals surface area contributed by atoms with Crippen molar-refractivity contribution >= 4 is 44.6 Å². The van der Waals surface area contributed by atoms with Crippen LogP contribution in [0.15, 0.2) is 59.0 Å². The molecule has 0 atom stereocenters.